The van der Waals surface area contributed by atoms with Crippen LogP contribution in [0.25, 0.3) is 103 Å². The minimum Gasteiger partial charge on any atom is -0.308 e. The number of rotatable bonds is 4. The molecular formula is C48H29N3S. The van der Waals surface area contributed by atoms with Gasteiger partial charge in [-0.3, -0.25) is 0 Å². The fourth-order valence-electron chi connectivity index (χ4n) is 8.05. The molecule has 3 nitrogen and oxygen atoms in total. The molecule has 0 radical (unpaired) electrons. The largest absolute Gasteiger partial charge is 0.308 e. The second kappa shape index (κ2) is 11.5. The molecule has 0 aliphatic carbocycles. The van der Waals surface area contributed by atoms with Gasteiger partial charge in [0.25, 0.3) is 0 Å². The SMILES string of the molecule is c1ccc(-c2cc(-c3ccc(-n4c5ccc6ccccc6c5c5c6ccccc6c6c7ccccc7sc6c54)cc3)nc(-c3ccccc3)n2)cc1. The summed E-state index contributed by atoms with van der Waals surface area (Å²) >= 11 is 1.90. The number of aromatic nitrogens is 3. The summed E-state index contributed by atoms with van der Waals surface area (Å²) in [5, 5.41) is 10.3. The van der Waals surface area contributed by atoms with Crippen molar-refractivity contribution in [1.29, 1.82) is 0 Å². The fraction of sp³-hybridized carbons (Fsp3) is 0. The number of hydrogen-bond donors (Lipinski definition) is 0. The molecule has 0 amide bonds. The third-order valence-corrected chi connectivity index (χ3v) is 11.6. The topological polar surface area (TPSA) is 30.7 Å². The summed E-state index contributed by atoms with van der Waals surface area (Å²) in [5.41, 5.74) is 8.49. The van der Waals surface area contributed by atoms with Crippen LogP contribution < -0.4 is 0 Å². The Morgan fingerprint density at radius 1 is 0.423 bits per heavy atom. The summed E-state index contributed by atoms with van der Waals surface area (Å²) < 4.78 is 5.12. The van der Waals surface area contributed by atoms with Gasteiger partial charge in [-0.15, -0.1) is 11.3 Å². The summed E-state index contributed by atoms with van der Waals surface area (Å²) in [6, 6.07) is 62.8. The van der Waals surface area contributed by atoms with Crippen LogP contribution in [0.15, 0.2) is 176 Å². The Bertz CT molecular complexity index is 3100. The van der Waals surface area contributed by atoms with E-state index in [9.17, 15) is 0 Å². The Labute approximate surface area is 303 Å². The lowest BCUT2D eigenvalue weighted by molar-refractivity contribution is 1.17. The van der Waals surface area contributed by atoms with Crippen molar-refractivity contribution >= 4 is 74.9 Å². The number of fused-ring (bicyclic) bond motifs is 12. The molecule has 4 heteroatoms. The Hall–Kier alpha value is -6.62. The zero-order valence-corrected chi connectivity index (χ0v) is 28.8. The summed E-state index contributed by atoms with van der Waals surface area (Å²) in [7, 11) is 0. The van der Waals surface area contributed by atoms with Crippen molar-refractivity contribution < 1.29 is 0 Å². The molecule has 0 bridgehead atoms. The van der Waals surface area contributed by atoms with Gasteiger partial charge in [-0.1, -0.05) is 146 Å². The molecule has 11 rings (SSSR count). The highest BCUT2D eigenvalue weighted by molar-refractivity contribution is 7.27. The van der Waals surface area contributed by atoms with E-state index in [4.69, 9.17) is 9.97 Å². The lowest BCUT2D eigenvalue weighted by atomic mass is 9.97. The lowest BCUT2D eigenvalue weighted by Gasteiger charge is -2.12. The highest BCUT2D eigenvalue weighted by Crippen LogP contribution is 2.49. The first-order valence-corrected chi connectivity index (χ1v) is 18.4. The predicted octanol–water partition coefficient (Wildman–Crippen LogP) is 13.2. The number of benzene rings is 8. The first-order chi connectivity index (χ1) is 25.8. The van der Waals surface area contributed by atoms with Crippen LogP contribution in [0.3, 0.4) is 0 Å². The van der Waals surface area contributed by atoms with Crippen molar-refractivity contribution in [3.05, 3.63) is 176 Å². The van der Waals surface area contributed by atoms with E-state index in [2.05, 4.69) is 156 Å². The second-order valence-corrected chi connectivity index (χ2v) is 14.4. The van der Waals surface area contributed by atoms with Gasteiger partial charge in [-0.2, -0.15) is 0 Å². The van der Waals surface area contributed by atoms with E-state index in [1.165, 1.54) is 63.5 Å². The zero-order valence-electron chi connectivity index (χ0n) is 28.0. The van der Waals surface area contributed by atoms with Gasteiger partial charge < -0.3 is 4.57 Å². The molecule has 242 valence electrons. The molecule has 0 unspecified atom stereocenters. The number of thiophene rings is 1. The summed E-state index contributed by atoms with van der Waals surface area (Å²) in [6.07, 6.45) is 0. The summed E-state index contributed by atoms with van der Waals surface area (Å²) in [4.78, 5) is 10.1. The van der Waals surface area contributed by atoms with Gasteiger partial charge in [0, 0.05) is 48.6 Å². The van der Waals surface area contributed by atoms with Gasteiger partial charge in [-0.25, -0.2) is 9.97 Å². The average molecular weight is 680 g/mol. The normalized spacial score (nSPS) is 11.8. The Balaban J connectivity index is 1.19. The van der Waals surface area contributed by atoms with Crippen LogP contribution in [0, 0.1) is 0 Å². The molecule has 0 saturated heterocycles. The molecule has 0 fully saturated rings. The van der Waals surface area contributed by atoms with Gasteiger partial charge >= 0.3 is 0 Å². The predicted molar refractivity (Wildman–Crippen MR) is 221 cm³/mol. The molecule has 0 N–H and O–H groups in total. The van der Waals surface area contributed by atoms with E-state index in [0.29, 0.717) is 5.82 Å². The maximum absolute atomic E-state index is 5.11. The van der Waals surface area contributed by atoms with E-state index >= 15 is 0 Å². The molecule has 0 aliphatic heterocycles. The zero-order chi connectivity index (χ0) is 34.2. The van der Waals surface area contributed by atoms with E-state index in [1.807, 2.05) is 35.6 Å². The quantitative estimate of drug-likeness (QED) is 0.185. The van der Waals surface area contributed by atoms with Crippen molar-refractivity contribution in [2.45, 2.75) is 0 Å². The van der Waals surface area contributed by atoms with E-state index in [-0.39, 0.29) is 0 Å². The Morgan fingerprint density at radius 3 is 1.73 bits per heavy atom. The molecular weight excluding hydrogens is 651 g/mol. The van der Waals surface area contributed by atoms with Gasteiger partial charge in [0.1, 0.15) is 0 Å². The molecule has 0 spiro atoms. The van der Waals surface area contributed by atoms with Crippen LogP contribution in [0.1, 0.15) is 0 Å². The maximum Gasteiger partial charge on any atom is 0.160 e. The molecule has 8 aromatic carbocycles. The van der Waals surface area contributed by atoms with E-state index in [1.54, 1.807) is 0 Å². The fourth-order valence-corrected chi connectivity index (χ4v) is 9.31. The minimum absolute atomic E-state index is 0.717. The second-order valence-electron chi connectivity index (χ2n) is 13.3. The highest BCUT2D eigenvalue weighted by atomic mass is 32.1. The molecule has 3 aromatic heterocycles. The lowest BCUT2D eigenvalue weighted by Crippen LogP contribution is -1.97. The number of hydrogen-bond acceptors (Lipinski definition) is 3. The van der Waals surface area contributed by atoms with Crippen LogP contribution in [0.5, 0.6) is 0 Å². The summed E-state index contributed by atoms with van der Waals surface area (Å²) in [6.45, 7) is 0. The van der Waals surface area contributed by atoms with Crippen LogP contribution in [0.4, 0.5) is 0 Å². The maximum atomic E-state index is 5.11. The van der Waals surface area contributed by atoms with Gasteiger partial charge in [0.15, 0.2) is 5.82 Å². The van der Waals surface area contributed by atoms with Crippen LogP contribution in [0.2, 0.25) is 0 Å². The van der Waals surface area contributed by atoms with Gasteiger partial charge in [0.2, 0.25) is 0 Å². The van der Waals surface area contributed by atoms with E-state index in [0.717, 1.165) is 33.8 Å². The molecule has 52 heavy (non-hydrogen) atoms. The average Bonchev–Trinajstić information content (AvgIpc) is 3.79. The van der Waals surface area contributed by atoms with Crippen LogP contribution in [-0.4, -0.2) is 14.5 Å². The van der Waals surface area contributed by atoms with Gasteiger partial charge in [0.05, 0.1) is 27.1 Å². The standard InChI is InChI=1S/C48H29N3S/c1-3-14-31(15-4-1)39-29-40(50-48(49-39)33-16-5-2-6-17-33)32-23-26-34(27-24-32)51-41-28-25-30-13-7-8-18-35(30)44(41)45-37-20-10-9-19-36(37)43-38-21-11-12-22-42(38)52-47(43)46(45)51/h1-29H. The smallest absolute Gasteiger partial charge is 0.160 e. The van der Waals surface area contributed by atoms with Crippen molar-refractivity contribution in [3.63, 3.8) is 0 Å². The van der Waals surface area contributed by atoms with Crippen molar-refractivity contribution in [3.8, 4) is 39.6 Å². The van der Waals surface area contributed by atoms with Gasteiger partial charge in [-0.05, 0) is 51.9 Å². The third kappa shape index (κ3) is 4.38. The van der Waals surface area contributed by atoms with E-state index < -0.39 is 0 Å². The molecule has 0 atom stereocenters. The van der Waals surface area contributed by atoms with Crippen molar-refractivity contribution in [2.75, 3.05) is 0 Å². The highest BCUT2D eigenvalue weighted by Gasteiger charge is 2.23. The first-order valence-electron chi connectivity index (χ1n) is 17.6. The third-order valence-electron chi connectivity index (χ3n) is 10.4. The number of nitrogens with zero attached hydrogens (tertiary/aromatic N) is 3. The Kier molecular flexibility index (Phi) is 6.42. The molecule has 0 saturated carbocycles. The Morgan fingerprint density at radius 2 is 1.00 bits per heavy atom. The van der Waals surface area contributed by atoms with Crippen LogP contribution in [-0.2, 0) is 0 Å². The monoisotopic (exact) mass is 679 g/mol. The van der Waals surface area contributed by atoms with Crippen molar-refractivity contribution in [1.82, 2.24) is 14.5 Å². The van der Waals surface area contributed by atoms with Crippen molar-refractivity contribution in [2.24, 2.45) is 0 Å². The molecule has 3 heterocycles. The first kappa shape index (κ1) is 29.1. The minimum atomic E-state index is 0.717. The molecule has 0 aliphatic rings. The molecule has 11 aromatic rings. The van der Waals surface area contributed by atoms with Crippen LogP contribution >= 0.6 is 11.3 Å². The summed E-state index contributed by atoms with van der Waals surface area (Å²) in [5.74, 6) is 0.717.